The van der Waals surface area contributed by atoms with Crippen LogP contribution >= 0.6 is 0 Å². The minimum absolute atomic E-state index is 0.0189. The Labute approximate surface area is 142 Å². The van der Waals surface area contributed by atoms with Gasteiger partial charge in [-0.1, -0.05) is 31.9 Å². The van der Waals surface area contributed by atoms with Gasteiger partial charge in [-0.3, -0.25) is 19.3 Å². The molecule has 0 saturated heterocycles. The third-order valence-electron chi connectivity index (χ3n) is 5.12. The van der Waals surface area contributed by atoms with Crippen molar-refractivity contribution in [2.24, 2.45) is 5.92 Å². The van der Waals surface area contributed by atoms with Crippen molar-refractivity contribution in [1.29, 1.82) is 0 Å². The molecule has 1 aliphatic carbocycles. The second-order valence-corrected chi connectivity index (χ2v) is 6.85. The van der Waals surface area contributed by atoms with Gasteiger partial charge in [0.1, 0.15) is 0 Å². The molecule has 0 spiro atoms. The average Bonchev–Trinajstić information content (AvgIpc) is 2.82. The fourth-order valence-electron chi connectivity index (χ4n) is 3.65. The molecule has 2 aliphatic rings. The maximum absolute atomic E-state index is 12.2. The van der Waals surface area contributed by atoms with Crippen molar-refractivity contribution in [3.05, 3.63) is 35.4 Å². The SMILES string of the molecule is C[C@H]1CCCC[C@@H]1NC(=O)CCCN1C(=O)c2ccccc2C1=O. The van der Waals surface area contributed by atoms with Crippen LogP contribution in [0.4, 0.5) is 0 Å². The molecule has 1 N–H and O–H groups in total. The standard InChI is InChI=1S/C19H24N2O3/c1-13-7-2-5-10-16(13)20-17(22)11-6-12-21-18(23)14-8-3-4-9-15(14)19(21)24/h3-4,8-9,13,16H,2,5-7,10-12H2,1H3,(H,20,22)/t13-,16-/m0/s1. The predicted molar refractivity (Wildman–Crippen MR) is 90.6 cm³/mol. The minimum atomic E-state index is -0.253. The van der Waals surface area contributed by atoms with Gasteiger partial charge in [-0.25, -0.2) is 0 Å². The maximum Gasteiger partial charge on any atom is 0.261 e. The molecule has 24 heavy (non-hydrogen) atoms. The summed E-state index contributed by atoms with van der Waals surface area (Å²) in [4.78, 5) is 37.9. The van der Waals surface area contributed by atoms with Gasteiger partial charge in [0.2, 0.25) is 5.91 Å². The third kappa shape index (κ3) is 3.35. The van der Waals surface area contributed by atoms with Gasteiger partial charge in [0.05, 0.1) is 11.1 Å². The van der Waals surface area contributed by atoms with E-state index in [0.29, 0.717) is 36.4 Å². The Morgan fingerprint density at radius 2 is 1.75 bits per heavy atom. The molecular formula is C19H24N2O3. The lowest BCUT2D eigenvalue weighted by molar-refractivity contribution is -0.122. The highest BCUT2D eigenvalue weighted by molar-refractivity contribution is 6.21. The number of carbonyl (C=O) groups excluding carboxylic acids is 3. The van der Waals surface area contributed by atoms with Crippen LogP contribution in [0.5, 0.6) is 0 Å². The molecule has 2 atom stereocenters. The molecule has 1 aromatic carbocycles. The summed E-state index contributed by atoms with van der Waals surface area (Å²) < 4.78 is 0. The lowest BCUT2D eigenvalue weighted by atomic mass is 9.86. The highest BCUT2D eigenvalue weighted by Crippen LogP contribution is 2.24. The summed E-state index contributed by atoms with van der Waals surface area (Å²) in [5.74, 6) is 0.0399. The van der Waals surface area contributed by atoms with Gasteiger partial charge < -0.3 is 5.32 Å². The minimum Gasteiger partial charge on any atom is -0.353 e. The summed E-state index contributed by atoms with van der Waals surface area (Å²) in [7, 11) is 0. The molecule has 1 aliphatic heterocycles. The van der Waals surface area contributed by atoms with Gasteiger partial charge in [-0.05, 0) is 37.3 Å². The lowest BCUT2D eigenvalue weighted by Crippen LogP contribution is -2.41. The van der Waals surface area contributed by atoms with E-state index >= 15 is 0 Å². The fraction of sp³-hybridized carbons (Fsp3) is 0.526. The molecule has 128 valence electrons. The molecule has 5 nitrogen and oxygen atoms in total. The molecule has 0 unspecified atom stereocenters. The van der Waals surface area contributed by atoms with E-state index in [9.17, 15) is 14.4 Å². The van der Waals surface area contributed by atoms with Gasteiger partial charge in [0, 0.05) is 19.0 Å². The number of fused-ring (bicyclic) bond motifs is 1. The first-order chi connectivity index (χ1) is 11.6. The summed E-state index contributed by atoms with van der Waals surface area (Å²) in [5, 5.41) is 3.11. The van der Waals surface area contributed by atoms with Crippen LogP contribution in [-0.4, -0.2) is 35.2 Å². The van der Waals surface area contributed by atoms with Crippen LogP contribution in [0.1, 0.15) is 66.2 Å². The van der Waals surface area contributed by atoms with E-state index in [2.05, 4.69) is 12.2 Å². The number of benzene rings is 1. The van der Waals surface area contributed by atoms with Crippen molar-refractivity contribution < 1.29 is 14.4 Å². The van der Waals surface area contributed by atoms with Gasteiger partial charge in [-0.15, -0.1) is 0 Å². The van der Waals surface area contributed by atoms with Crippen LogP contribution in [0.25, 0.3) is 0 Å². The summed E-state index contributed by atoms with van der Waals surface area (Å²) in [6.45, 7) is 2.48. The highest BCUT2D eigenvalue weighted by Gasteiger charge is 2.34. The number of carbonyl (C=O) groups is 3. The molecular weight excluding hydrogens is 304 g/mol. The summed E-state index contributed by atoms with van der Waals surface area (Å²) in [5.41, 5.74) is 0.922. The average molecular weight is 328 g/mol. The fourth-order valence-corrected chi connectivity index (χ4v) is 3.65. The topological polar surface area (TPSA) is 66.5 Å². The van der Waals surface area contributed by atoms with Crippen LogP contribution in [0.2, 0.25) is 0 Å². The van der Waals surface area contributed by atoms with Gasteiger partial charge in [0.15, 0.2) is 0 Å². The number of hydrogen-bond donors (Lipinski definition) is 1. The first-order valence-corrected chi connectivity index (χ1v) is 8.82. The first-order valence-electron chi connectivity index (χ1n) is 8.82. The molecule has 1 fully saturated rings. The van der Waals surface area contributed by atoms with E-state index < -0.39 is 0 Å². The second-order valence-electron chi connectivity index (χ2n) is 6.85. The van der Waals surface area contributed by atoms with Crippen molar-refractivity contribution in [1.82, 2.24) is 10.2 Å². The quantitative estimate of drug-likeness (QED) is 0.845. The van der Waals surface area contributed by atoms with Crippen LogP contribution in [-0.2, 0) is 4.79 Å². The molecule has 1 aromatic rings. The number of rotatable bonds is 5. The zero-order valence-corrected chi connectivity index (χ0v) is 14.1. The normalized spacial score (nSPS) is 23.3. The highest BCUT2D eigenvalue weighted by atomic mass is 16.2. The van der Waals surface area contributed by atoms with Crippen molar-refractivity contribution >= 4 is 17.7 Å². The van der Waals surface area contributed by atoms with Crippen LogP contribution < -0.4 is 5.32 Å². The Morgan fingerprint density at radius 1 is 1.12 bits per heavy atom. The summed E-state index contributed by atoms with van der Waals surface area (Å²) in [6.07, 6.45) is 5.47. The van der Waals surface area contributed by atoms with Crippen LogP contribution in [0.3, 0.4) is 0 Å². The van der Waals surface area contributed by atoms with E-state index in [1.54, 1.807) is 24.3 Å². The third-order valence-corrected chi connectivity index (χ3v) is 5.12. The predicted octanol–water partition coefficient (Wildman–Crippen LogP) is 2.76. The largest absolute Gasteiger partial charge is 0.353 e. The Bertz CT molecular complexity index is 621. The molecule has 0 bridgehead atoms. The number of nitrogens with one attached hydrogen (secondary N) is 1. The Hall–Kier alpha value is -2.17. The van der Waals surface area contributed by atoms with Gasteiger partial charge >= 0.3 is 0 Å². The van der Waals surface area contributed by atoms with E-state index in [4.69, 9.17) is 0 Å². The van der Waals surface area contributed by atoms with Crippen molar-refractivity contribution in [3.8, 4) is 0 Å². The monoisotopic (exact) mass is 328 g/mol. The van der Waals surface area contributed by atoms with Crippen LogP contribution in [0, 0.1) is 5.92 Å². The Kier molecular flexibility index (Phi) is 4.97. The Balaban J connectivity index is 1.48. The van der Waals surface area contributed by atoms with Gasteiger partial charge in [0.25, 0.3) is 11.8 Å². The van der Waals surface area contributed by atoms with E-state index in [1.165, 1.54) is 24.2 Å². The number of hydrogen-bond acceptors (Lipinski definition) is 3. The lowest BCUT2D eigenvalue weighted by Gasteiger charge is -2.29. The van der Waals surface area contributed by atoms with E-state index in [0.717, 1.165) is 6.42 Å². The molecule has 5 heteroatoms. The molecule has 0 aromatic heterocycles. The second kappa shape index (κ2) is 7.16. The van der Waals surface area contributed by atoms with E-state index in [-0.39, 0.29) is 23.8 Å². The number of imide groups is 1. The smallest absolute Gasteiger partial charge is 0.261 e. The zero-order chi connectivity index (χ0) is 17.1. The molecule has 3 rings (SSSR count). The van der Waals surface area contributed by atoms with Crippen molar-refractivity contribution in [3.63, 3.8) is 0 Å². The number of nitrogens with zero attached hydrogens (tertiary/aromatic N) is 1. The molecule has 0 radical (unpaired) electrons. The molecule has 1 heterocycles. The van der Waals surface area contributed by atoms with E-state index in [1.807, 2.05) is 0 Å². The molecule has 3 amide bonds. The zero-order valence-electron chi connectivity index (χ0n) is 14.1. The van der Waals surface area contributed by atoms with Crippen molar-refractivity contribution in [2.75, 3.05) is 6.54 Å². The first kappa shape index (κ1) is 16.7. The van der Waals surface area contributed by atoms with Crippen LogP contribution in [0.15, 0.2) is 24.3 Å². The Morgan fingerprint density at radius 3 is 2.38 bits per heavy atom. The summed E-state index contributed by atoms with van der Waals surface area (Å²) >= 11 is 0. The molecule has 1 saturated carbocycles. The summed E-state index contributed by atoms with van der Waals surface area (Å²) in [6, 6.07) is 7.13. The number of amides is 3. The van der Waals surface area contributed by atoms with Crippen molar-refractivity contribution in [2.45, 2.75) is 51.5 Å². The van der Waals surface area contributed by atoms with Gasteiger partial charge in [-0.2, -0.15) is 0 Å². The maximum atomic E-state index is 12.2.